The zero-order valence-corrected chi connectivity index (χ0v) is 18.4. The van der Waals surface area contributed by atoms with Crippen LogP contribution in [0.15, 0.2) is 60.7 Å². The minimum absolute atomic E-state index is 0.119. The van der Waals surface area contributed by atoms with E-state index in [1.807, 2.05) is 51.1 Å². The van der Waals surface area contributed by atoms with Gasteiger partial charge in [0.2, 0.25) is 5.88 Å². The standard InChI is InChI=1S/C25H25FN4O2/c1-4-29(15-19-9-6-5-7-10-19)23(31)16-32-22-13-17(2)24-18(3)28-30(25(24)27-22)21-12-8-11-20(26)14-21/h5-14H,4,15-16H2,1-3H3. The number of likely N-dealkylation sites (N-methyl/N-ethyl adjacent to an activating group) is 1. The van der Waals surface area contributed by atoms with Crippen molar-refractivity contribution in [3.63, 3.8) is 0 Å². The molecule has 6 nitrogen and oxygen atoms in total. The smallest absolute Gasteiger partial charge is 0.260 e. The maximum Gasteiger partial charge on any atom is 0.260 e. The van der Waals surface area contributed by atoms with Gasteiger partial charge in [0, 0.05) is 24.5 Å². The highest BCUT2D eigenvalue weighted by Crippen LogP contribution is 2.27. The molecule has 0 N–H and O–H groups in total. The molecule has 0 aliphatic heterocycles. The molecule has 0 aliphatic carbocycles. The summed E-state index contributed by atoms with van der Waals surface area (Å²) in [6.07, 6.45) is 0. The molecule has 2 heterocycles. The topological polar surface area (TPSA) is 60.3 Å². The van der Waals surface area contributed by atoms with Crippen molar-refractivity contribution in [3.8, 4) is 11.6 Å². The van der Waals surface area contributed by atoms with Crippen molar-refractivity contribution in [3.05, 3.63) is 83.3 Å². The lowest BCUT2D eigenvalue weighted by Gasteiger charge is -2.21. The molecule has 7 heteroatoms. The number of pyridine rings is 1. The fourth-order valence-corrected chi connectivity index (χ4v) is 3.74. The Labute approximate surface area is 186 Å². The lowest BCUT2D eigenvalue weighted by molar-refractivity contribution is -0.133. The predicted molar refractivity (Wildman–Crippen MR) is 121 cm³/mol. The van der Waals surface area contributed by atoms with Crippen molar-refractivity contribution in [1.82, 2.24) is 19.7 Å². The predicted octanol–water partition coefficient (Wildman–Crippen LogP) is 4.60. The number of ether oxygens (including phenoxy) is 1. The van der Waals surface area contributed by atoms with Crippen LogP contribution in [0.5, 0.6) is 5.88 Å². The van der Waals surface area contributed by atoms with E-state index in [0.717, 1.165) is 22.2 Å². The third kappa shape index (κ3) is 4.46. The van der Waals surface area contributed by atoms with Crippen LogP contribution in [0.4, 0.5) is 4.39 Å². The van der Waals surface area contributed by atoms with Crippen LogP contribution in [0.25, 0.3) is 16.7 Å². The monoisotopic (exact) mass is 432 g/mol. The molecule has 0 atom stereocenters. The van der Waals surface area contributed by atoms with Crippen molar-refractivity contribution in [2.75, 3.05) is 13.2 Å². The normalized spacial score (nSPS) is 11.0. The number of hydrogen-bond acceptors (Lipinski definition) is 4. The first kappa shape index (κ1) is 21.5. The second-order valence-electron chi connectivity index (χ2n) is 7.64. The molecule has 2 aromatic carbocycles. The van der Waals surface area contributed by atoms with Crippen molar-refractivity contribution < 1.29 is 13.9 Å². The maximum absolute atomic E-state index is 13.8. The number of carbonyl (C=O) groups is 1. The lowest BCUT2D eigenvalue weighted by atomic mass is 10.2. The molecular formula is C25H25FN4O2. The number of carbonyl (C=O) groups excluding carboxylic acids is 1. The number of aryl methyl sites for hydroxylation is 2. The van der Waals surface area contributed by atoms with E-state index in [4.69, 9.17) is 4.74 Å². The van der Waals surface area contributed by atoms with Gasteiger partial charge in [0.25, 0.3) is 5.91 Å². The first-order chi connectivity index (χ1) is 15.5. The number of nitrogens with zero attached hydrogens (tertiary/aromatic N) is 4. The van der Waals surface area contributed by atoms with Gasteiger partial charge in [-0.25, -0.2) is 9.07 Å². The van der Waals surface area contributed by atoms with Crippen molar-refractivity contribution in [1.29, 1.82) is 0 Å². The average Bonchev–Trinajstić information content (AvgIpc) is 3.13. The number of aromatic nitrogens is 3. The van der Waals surface area contributed by atoms with Crippen molar-refractivity contribution >= 4 is 16.9 Å². The van der Waals surface area contributed by atoms with Gasteiger partial charge >= 0.3 is 0 Å². The molecule has 2 aromatic heterocycles. The minimum atomic E-state index is -0.350. The van der Waals surface area contributed by atoms with Crippen LogP contribution in [0.2, 0.25) is 0 Å². The molecular weight excluding hydrogens is 407 g/mol. The molecule has 0 saturated carbocycles. The molecule has 0 bridgehead atoms. The van der Waals surface area contributed by atoms with E-state index in [2.05, 4.69) is 10.1 Å². The highest BCUT2D eigenvalue weighted by Gasteiger charge is 2.17. The summed E-state index contributed by atoms with van der Waals surface area (Å²) in [6, 6.07) is 17.8. The van der Waals surface area contributed by atoms with Crippen LogP contribution in [-0.2, 0) is 11.3 Å². The quantitative estimate of drug-likeness (QED) is 0.428. The summed E-state index contributed by atoms with van der Waals surface area (Å²) in [6.45, 7) is 6.75. The molecule has 1 amide bonds. The summed E-state index contributed by atoms with van der Waals surface area (Å²) in [4.78, 5) is 19.1. The first-order valence-electron chi connectivity index (χ1n) is 10.5. The van der Waals surface area contributed by atoms with E-state index in [9.17, 15) is 9.18 Å². The van der Waals surface area contributed by atoms with Gasteiger partial charge in [-0.3, -0.25) is 4.79 Å². The van der Waals surface area contributed by atoms with E-state index in [0.29, 0.717) is 30.3 Å². The van der Waals surface area contributed by atoms with E-state index in [-0.39, 0.29) is 18.3 Å². The molecule has 0 saturated heterocycles. The lowest BCUT2D eigenvalue weighted by Crippen LogP contribution is -2.34. The van der Waals surface area contributed by atoms with Gasteiger partial charge < -0.3 is 9.64 Å². The molecule has 4 aromatic rings. The van der Waals surface area contributed by atoms with Crippen LogP contribution in [0, 0.1) is 19.7 Å². The number of halogens is 1. The van der Waals surface area contributed by atoms with E-state index >= 15 is 0 Å². The van der Waals surface area contributed by atoms with E-state index < -0.39 is 0 Å². The highest BCUT2D eigenvalue weighted by atomic mass is 19.1. The van der Waals surface area contributed by atoms with Crippen molar-refractivity contribution in [2.45, 2.75) is 27.3 Å². The summed E-state index contributed by atoms with van der Waals surface area (Å²) >= 11 is 0. The Balaban J connectivity index is 1.57. The number of hydrogen-bond donors (Lipinski definition) is 0. The summed E-state index contributed by atoms with van der Waals surface area (Å²) in [5.74, 6) is -0.140. The molecule has 0 radical (unpaired) electrons. The highest BCUT2D eigenvalue weighted by molar-refractivity contribution is 5.84. The molecule has 0 fully saturated rings. The summed E-state index contributed by atoms with van der Waals surface area (Å²) in [5.41, 5.74) is 3.91. The van der Waals surface area contributed by atoms with Crippen LogP contribution < -0.4 is 4.74 Å². The molecule has 0 spiro atoms. The molecule has 0 aliphatic rings. The fraction of sp³-hybridized carbons (Fsp3) is 0.240. The second-order valence-corrected chi connectivity index (χ2v) is 7.64. The Morgan fingerprint density at radius 3 is 2.59 bits per heavy atom. The number of amides is 1. The van der Waals surface area contributed by atoms with Crippen LogP contribution >= 0.6 is 0 Å². The minimum Gasteiger partial charge on any atom is -0.467 e. The van der Waals surface area contributed by atoms with Gasteiger partial charge in [-0.1, -0.05) is 36.4 Å². The van der Waals surface area contributed by atoms with Gasteiger partial charge in [-0.05, 0) is 50.1 Å². The zero-order chi connectivity index (χ0) is 22.7. The van der Waals surface area contributed by atoms with Gasteiger partial charge in [0.05, 0.1) is 11.4 Å². The second kappa shape index (κ2) is 9.18. The van der Waals surface area contributed by atoms with Crippen LogP contribution in [-0.4, -0.2) is 38.7 Å². The van der Waals surface area contributed by atoms with Gasteiger partial charge in [0.1, 0.15) is 5.82 Å². The van der Waals surface area contributed by atoms with Gasteiger partial charge in [-0.15, -0.1) is 0 Å². The van der Waals surface area contributed by atoms with Gasteiger partial charge in [0.15, 0.2) is 12.3 Å². The third-order valence-corrected chi connectivity index (χ3v) is 5.33. The maximum atomic E-state index is 13.8. The first-order valence-corrected chi connectivity index (χ1v) is 10.5. The third-order valence-electron chi connectivity index (χ3n) is 5.33. The van der Waals surface area contributed by atoms with Crippen LogP contribution in [0.3, 0.4) is 0 Å². The Kier molecular flexibility index (Phi) is 6.16. The molecule has 164 valence electrons. The largest absolute Gasteiger partial charge is 0.467 e. The number of benzene rings is 2. The number of fused-ring (bicyclic) bond motifs is 1. The van der Waals surface area contributed by atoms with Crippen molar-refractivity contribution in [2.24, 2.45) is 0 Å². The SMILES string of the molecule is CCN(Cc1ccccc1)C(=O)COc1cc(C)c2c(C)nn(-c3cccc(F)c3)c2n1. The summed E-state index contributed by atoms with van der Waals surface area (Å²) in [7, 11) is 0. The van der Waals surface area contributed by atoms with Gasteiger partial charge in [-0.2, -0.15) is 10.1 Å². The van der Waals surface area contributed by atoms with E-state index in [1.54, 1.807) is 27.8 Å². The fourth-order valence-electron chi connectivity index (χ4n) is 3.74. The summed E-state index contributed by atoms with van der Waals surface area (Å²) in [5, 5.41) is 5.43. The Morgan fingerprint density at radius 2 is 1.88 bits per heavy atom. The molecule has 0 unspecified atom stereocenters. The van der Waals surface area contributed by atoms with E-state index in [1.165, 1.54) is 12.1 Å². The average molecular weight is 432 g/mol. The Morgan fingerprint density at radius 1 is 1.09 bits per heavy atom. The van der Waals surface area contributed by atoms with Crippen LogP contribution in [0.1, 0.15) is 23.7 Å². The number of rotatable bonds is 7. The summed E-state index contributed by atoms with van der Waals surface area (Å²) < 4.78 is 21.1. The Hall–Kier alpha value is -3.74. The zero-order valence-electron chi connectivity index (χ0n) is 18.4. The molecule has 4 rings (SSSR count). The molecule has 32 heavy (non-hydrogen) atoms. The Bertz CT molecular complexity index is 1250.